The molecule has 2 aromatic carbocycles. The Balaban J connectivity index is 1.64. The van der Waals surface area contributed by atoms with Crippen LogP contribution in [0, 0.1) is 6.92 Å². The normalized spacial score (nSPS) is 13.3. The van der Waals surface area contributed by atoms with Gasteiger partial charge in [-0.25, -0.2) is 4.79 Å². The molecule has 1 amide bonds. The van der Waals surface area contributed by atoms with Gasteiger partial charge in [-0.15, -0.1) is 0 Å². The Morgan fingerprint density at radius 1 is 1.09 bits per heavy atom. The molecule has 4 heteroatoms. The van der Waals surface area contributed by atoms with Gasteiger partial charge in [0.1, 0.15) is 0 Å². The molecule has 1 aliphatic rings. The van der Waals surface area contributed by atoms with E-state index >= 15 is 0 Å². The van der Waals surface area contributed by atoms with Gasteiger partial charge in [0.25, 0.3) is 5.91 Å². The van der Waals surface area contributed by atoms with E-state index in [1.165, 1.54) is 0 Å². The van der Waals surface area contributed by atoms with Crippen molar-refractivity contribution in [3.8, 4) is 0 Å². The molecule has 3 rings (SSSR count). The second-order valence-electron chi connectivity index (χ2n) is 5.72. The van der Waals surface area contributed by atoms with E-state index in [1.54, 1.807) is 17.0 Å². The van der Waals surface area contributed by atoms with Crippen molar-refractivity contribution in [3.05, 3.63) is 65.2 Å². The number of carbonyl (C=O) groups is 2. The Hall–Kier alpha value is -2.62. The van der Waals surface area contributed by atoms with Gasteiger partial charge < -0.3 is 9.64 Å². The molecule has 2 aromatic rings. The fourth-order valence-corrected chi connectivity index (χ4v) is 2.77. The molecule has 0 fully saturated rings. The van der Waals surface area contributed by atoms with E-state index in [-0.39, 0.29) is 12.5 Å². The summed E-state index contributed by atoms with van der Waals surface area (Å²) in [6.45, 7) is 2.38. The minimum Gasteiger partial charge on any atom is -0.452 e. The zero-order chi connectivity index (χ0) is 16.2. The summed E-state index contributed by atoms with van der Waals surface area (Å²) >= 11 is 0. The van der Waals surface area contributed by atoms with Gasteiger partial charge in [-0.2, -0.15) is 0 Å². The number of hydrogen-bond acceptors (Lipinski definition) is 3. The van der Waals surface area contributed by atoms with Crippen molar-refractivity contribution in [2.75, 3.05) is 18.1 Å². The second kappa shape index (κ2) is 6.65. The first-order valence-corrected chi connectivity index (χ1v) is 7.77. The summed E-state index contributed by atoms with van der Waals surface area (Å²) in [6, 6.07) is 15.0. The third-order valence-corrected chi connectivity index (χ3v) is 4.03. The zero-order valence-corrected chi connectivity index (χ0v) is 13.1. The summed E-state index contributed by atoms with van der Waals surface area (Å²) in [5.41, 5.74) is 3.62. The van der Waals surface area contributed by atoms with Crippen molar-refractivity contribution in [1.29, 1.82) is 0 Å². The first kappa shape index (κ1) is 15.3. The van der Waals surface area contributed by atoms with Crippen LogP contribution in [0.5, 0.6) is 0 Å². The van der Waals surface area contributed by atoms with Crippen LogP contribution < -0.4 is 4.90 Å². The van der Waals surface area contributed by atoms with Gasteiger partial charge in [-0.3, -0.25) is 4.79 Å². The zero-order valence-electron chi connectivity index (χ0n) is 13.1. The second-order valence-corrected chi connectivity index (χ2v) is 5.72. The molecule has 0 N–H and O–H groups in total. The maximum absolute atomic E-state index is 12.4. The van der Waals surface area contributed by atoms with Gasteiger partial charge in [-0.1, -0.05) is 35.9 Å². The van der Waals surface area contributed by atoms with Crippen LogP contribution in [0.3, 0.4) is 0 Å². The molecule has 0 unspecified atom stereocenters. The lowest BCUT2D eigenvalue weighted by atomic mass is 10.0. The highest BCUT2D eigenvalue weighted by molar-refractivity contribution is 5.97. The third kappa shape index (κ3) is 3.42. The quantitative estimate of drug-likeness (QED) is 0.818. The summed E-state index contributed by atoms with van der Waals surface area (Å²) in [7, 11) is 0. The van der Waals surface area contributed by atoms with E-state index in [4.69, 9.17) is 4.74 Å². The maximum Gasteiger partial charge on any atom is 0.338 e. The number of fused-ring (bicyclic) bond motifs is 1. The molecule has 23 heavy (non-hydrogen) atoms. The summed E-state index contributed by atoms with van der Waals surface area (Å²) in [5.74, 6) is -0.652. The number of nitrogens with zero attached hydrogens (tertiary/aromatic N) is 1. The van der Waals surface area contributed by atoms with Crippen molar-refractivity contribution in [2.24, 2.45) is 0 Å². The number of benzene rings is 2. The lowest BCUT2D eigenvalue weighted by Gasteiger charge is -2.29. The monoisotopic (exact) mass is 309 g/mol. The predicted molar refractivity (Wildman–Crippen MR) is 88.6 cm³/mol. The highest BCUT2D eigenvalue weighted by Gasteiger charge is 2.23. The summed E-state index contributed by atoms with van der Waals surface area (Å²) in [6.07, 6.45) is 1.90. The highest BCUT2D eigenvalue weighted by Crippen LogP contribution is 2.26. The molecule has 0 atom stereocenters. The molecule has 0 saturated heterocycles. The highest BCUT2D eigenvalue weighted by atomic mass is 16.5. The predicted octanol–water partition coefficient (Wildman–Crippen LogP) is 3.13. The van der Waals surface area contributed by atoms with Crippen molar-refractivity contribution >= 4 is 17.6 Å². The molecule has 0 saturated carbocycles. The molecule has 118 valence electrons. The van der Waals surface area contributed by atoms with E-state index in [1.807, 2.05) is 43.3 Å². The third-order valence-electron chi connectivity index (χ3n) is 4.03. The number of anilines is 1. The van der Waals surface area contributed by atoms with Gasteiger partial charge in [0.05, 0.1) is 5.56 Å². The number of ether oxygens (including phenoxy) is 1. The number of esters is 1. The summed E-state index contributed by atoms with van der Waals surface area (Å²) < 4.78 is 5.17. The molecule has 0 spiro atoms. The maximum atomic E-state index is 12.4. The molecular weight excluding hydrogens is 290 g/mol. The van der Waals surface area contributed by atoms with Gasteiger partial charge >= 0.3 is 5.97 Å². The van der Waals surface area contributed by atoms with E-state index < -0.39 is 5.97 Å². The van der Waals surface area contributed by atoms with E-state index in [0.717, 1.165) is 29.7 Å². The number of aryl methyl sites for hydroxylation is 2. The van der Waals surface area contributed by atoms with Gasteiger partial charge in [0.15, 0.2) is 6.61 Å². The lowest BCUT2D eigenvalue weighted by Crippen LogP contribution is -2.38. The number of amides is 1. The van der Waals surface area contributed by atoms with Crippen molar-refractivity contribution in [2.45, 2.75) is 19.8 Å². The first-order valence-electron chi connectivity index (χ1n) is 7.77. The van der Waals surface area contributed by atoms with Crippen LogP contribution in [-0.4, -0.2) is 25.0 Å². The van der Waals surface area contributed by atoms with E-state index in [0.29, 0.717) is 12.1 Å². The molecule has 4 nitrogen and oxygen atoms in total. The van der Waals surface area contributed by atoms with Crippen molar-refractivity contribution in [1.82, 2.24) is 0 Å². The average Bonchev–Trinajstić information content (AvgIpc) is 2.59. The molecule has 0 aliphatic carbocycles. The Kier molecular flexibility index (Phi) is 4.42. The smallest absolute Gasteiger partial charge is 0.338 e. The Morgan fingerprint density at radius 2 is 1.83 bits per heavy atom. The van der Waals surface area contributed by atoms with Crippen LogP contribution in [0.15, 0.2) is 48.5 Å². The Bertz CT molecular complexity index is 722. The van der Waals surface area contributed by atoms with Gasteiger partial charge in [0, 0.05) is 12.2 Å². The number of hydrogen-bond donors (Lipinski definition) is 0. The van der Waals surface area contributed by atoms with Crippen LogP contribution >= 0.6 is 0 Å². The summed E-state index contributed by atoms with van der Waals surface area (Å²) in [4.78, 5) is 26.1. The number of carbonyl (C=O) groups excluding carboxylic acids is 2. The molecule has 0 aromatic heterocycles. The molecule has 0 bridgehead atoms. The fraction of sp³-hybridized carbons (Fsp3) is 0.263. The van der Waals surface area contributed by atoms with Gasteiger partial charge in [-0.05, 0) is 43.5 Å². The summed E-state index contributed by atoms with van der Waals surface area (Å²) in [5, 5.41) is 0. The Labute approximate surface area is 135 Å². The van der Waals surface area contributed by atoms with Crippen molar-refractivity contribution < 1.29 is 14.3 Å². The number of para-hydroxylation sites is 1. The van der Waals surface area contributed by atoms with E-state index in [9.17, 15) is 9.59 Å². The lowest BCUT2D eigenvalue weighted by molar-refractivity contribution is -0.121. The van der Waals surface area contributed by atoms with Crippen LogP contribution in [0.4, 0.5) is 5.69 Å². The van der Waals surface area contributed by atoms with Crippen LogP contribution in [0.1, 0.15) is 27.9 Å². The van der Waals surface area contributed by atoms with Crippen LogP contribution in [-0.2, 0) is 16.0 Å². The van der Waals surface area contributed by atoms with Crippen LogP contribution in [0.25, 0.3) is 0 Å². The minimum atomic E-state index is -0.469. The van der Waals surface area contributed by atoms with E-state index in [2.05, 4.69) is 0 Å². The average molecular weight is 309 g/mol. The minimum absolute atomic E-state index is 0.183. The molecule has 0 radical (unpaired) electrons. The standard InChI is InChI=1S/C19H19NO3/c1-14-8-10-16(11-9-14)19(22)23-13-18(21)20-12-4-6-15-5-2-3-7-17(15)20/h2-3,5,7-11H,4,6,12-13H2,1H3. The largest absolute Gasteiger partial charge is 0.452 e. The molecular formula is C19H19NO3. The topological polar surface area (TPSA) is 46.6 Å². The first-order chi connectivity index (χ1) is 11.1. The SMILES string of the molecule is Cc1ccc(C(=O)OCC(=O)N2CCCc3ccccc32)cc1. The fourth-order valence-electron chi connectivity index (χ4n) is 2.77. The van der Waals surface area contributed by atoms with Crippen molar-refractivity contribution in [3.63, 3.8) is 0 Å². The van der Waals surface area contributed by atoms with Gasteiger partial charge in [0.2, 0.25) is 0 Å². The Morgan fingerprint density at radius 3 is 2.61 bits per heavy atom. The molecule has 1 heterocycles. The number of rotatable bonds is 3. The van der Waals surface area contributed by atoms with Crippen LogP contribution in [0.2, 0.25) is 0 Å². The molecule has 1 aliphatic heterocycles.